The molecule has 0 aromatic heterocycles. The number of carbonyl (C=O) groups is 1. The highest BCUT2D eigenvalue weighted by molar-refractivity contribution is 7.92. The molecule has 1 amide bonds. The molecule has 2 aromatic carbocycles. The molecule has 0 saturated heterocycles. The lowest BCUT2D eigenvalue weighted by molar-refractivity contribution is -0.122. The molecule has 2 rings (SSSR count). The van der Waals surface area contributed by atoms with E-state index in [0.717, 1.165) is 27.3 Å². The average molecular weight is 423 g/mol. The quantitative estimate of drug-likeness (QED) is 0.754. The van der Waals surface area contributed by atoms with Crippen molar-refractivity contribution < 1.29 is 13.2 Å². The van der Waals surface area contributed by atoms with Crippen molar-refractivity contribution in [3.05, 3.63) is 63.7 Å². The van der Waals surface area contributed by atoms with Gasteiger partial charge in [-0.05, 0) is 69.0 Å². The molecule has 0 radical (unpaired) electrons. The first-order chi connectivity index (χ1) is 12.9. The summed E-state index contributed by atoms with van der Waals surface area (Å²) in [5.41, 5.74) is 4.47. The minimum atomic E-state index is -3.69. The monoisotopic (exact) mass is 422 g/mol. The molecule has 0 saturated carbocycles. The molecule has 152 valence electrons. The fourth-order valence-electron chi connectivity index (χ4n) is 2.98. The summed E-state index contributed by atoms with van der Waals surface area (Å²) < 4.78 is 25.9. The zero-order chi connectivity index (χ0) is 21.2. The lowest BCUT2D eigenvalue weighted by Crippen LogP contribution is -2.48. The standard InChI is InChI=1S/C21H27ClN2O3S/c1-13-7-9-18(11-15(13)3)16(4)23-21(25)17(5)24(28(6,26)27)19-10-8-14(2)20(22)12-19/h7-12,16-17H,1-6H3,(H,23,25)/t16-,17-/m0/s1. The molecule has 28 heavy (non-hydrogen) atoms. The number of anilines is 1. The van der Waals surface area contributed by atoms with Crippen LogP contribution in [0.1, 0.15) is 42.1 Å². The summed E-state index contributed by atoms with van der Waals surface area (Å²) in [4.78, 5) is 12.8. The third kappa shape index (κ3) is 5.06. The first kappa shape index (κ1) is 22.2. The van der Waals surface area contributed by atoms with Gasteiger partial charge in [0.25, 0.3) is 0 Å². The Morgan fingerprint density at radius 1 is 1.00 bits per heavy atom. The van der Waals surface area contributed by atoms with Crippen LogP contribution in [0, 0.1) is 20.8 Å². The van der Waals surface area contributed by atoms with Gasteiger partial charge in [-0.25, -0.2) is 8.42 Å². The minimum Gasteiger partial charge on any atom is -0.348 e. The summed E-state index contributed by atoms with van der Waals surface area (Å²) in [6.07, 6.45) is 1.08. The van der Waals surface area contributed by atoms with Crippen LogP contribution in [-0.2, 0) is 14.8 Å². The first-order valence-corrected chi connectivity index (χ1v) is 11.3. The molecule has 2 atom stereocenters. The molecule has 0 aliphatic carbocycles. The molecule has 2 aromatic rings. The van der Waals surface area contributed by atoms with E-state index in [4.69, 9.17) is 11.6 Å². The highest BCUT2D eigenvalue weighted by Crippen LogP contribution is 2.27. The van der Waals surface area contributed by atoms with Crippen molar-refractivity contribution in [2.45, 2.75) is 46.7 Å². The minimum absolute atomic E-state index is 0.253. The van der Waals surface area contributed by atoms with Crippen molar-refractivity contribution in [2.24, 2.45) is 0 Å². The second-order valence-corrected chi connectivity index (χ2v) is 9.51. The highest BCUT2D eigenvalue weighted by Gasteiger charge is 2.30. The predicted octanol–water partition coefficient (Wildman–Crippen LogP) is 4.30. The topological polar surface area (TPSA) is 66.5 Å². The molecular weight excluding hydrogens is 396 g/mol. The Kier molecular flexibility index (Phi) is 6.78. The van der Waals surface area contributed by atoms with E-state index < -0.39 is 16.1 Å². The molecule has 7 heteroatoms. The maximum Gasteiger partial charge on any atom is 0.244 e. The van der Waals surface area contributed by atoms with Gasteiger partial charge in [0.15, 0.2) is 0 Å². The Hall–Kier alpha value is -2.05. The fourth-order valence-corrected chi connectivity index (χ4v) is 4.32. The van der Waals surface area contributed by atoms with Gasteiger partial charge < -0.3 is 5.32 Å². The number of rotatable bonds is 6. The lowest BCUT2D eigenvalue weighted by Gasteiger charge is -2.29. The molecule has 0 aliphatic rings. The van der Waals surface area contributed by atoms with Gasteiger partial charge >= 0.3 is 0 Å². The second kappa shape index (κ2) is 8.53. The van der Waals surface area contributed by atoms with Crippen LogP contribution in [0.2, 0.25) is 5.02 Å². The van der Waals surface area contributed by atoms with Gasteiger partial charge in [-0.1, -0.05) is 35.9 Å². The Balaban J connectivity index is 2.28. The first-order valence-electron chi connectivity index (χ1n) is 9.05. The Labute approximate surface area is 172 Å². The number of nitrogens with zero attached hydrogens (tertiary/aromatic N) is 1. The Morgan fingerprint density at radius 2 is 1.61 bits per heavy atom. The number of amides is 1. The summed E-state index contributed by atoms with van der Waals surface area (Å²) in [6.45, 7) is 9.32. The van der Waals surface area contributed by atoms with Crippen LogP contribution in [0.4, 0.5) is 5.69 Å². The normalized spacial score (nSPS) is 13.7. The molecule has 0 heterocycles. The van der Waals surface area contributed by atoms with Crippen molar-refractivity contribution in [2.75, 3.05) is 10.6 Å². The van der Waals surface area contributed by atoms with E-state index in [2.05, 4.69) is 5.32 Å². The van der Waals surface area contributed by atoms with Crippen LogP contribution in [0.15, 0.2) is 36.4 Å². The third-order valence-electron chi connectivity index (χ3n) is 4.89. The van der Waals surface area contributed by atoms with Crippen LogP contribution >= 0.6 is 11.6 Å². The smallest absolute Gasteiger partial charge is 0.244 e. The number of benzene rings is 2. The van der Waals surface area contributed by atoms with Crippen molar-refractivity contribution in [3.63, 3.8) is 0 Å². The van der Waals surface area contributed by atoms with Gasteiger partial charge in [0.05, 0.1) is 18.0 Å². The average Bonchev–Trinajstić information content (AvgIpc) is 2.59. The van der Waals surface area contributed by atoms with E-state index >= 15 is 0 Å². The van der Waals surface area contributed by atoms with E-state index in [0.29, 0.717) is 10.7 Å². The lowest BCUT2D eigenvalue weighted by atomic mass is 10.0. The number of aryl methyl sites for hydroxylation is 3. The summed E-state index contributed by atoms with van der Waals surface area (Å²) in [5, 5.41) is 3.36. The molecule has 0 fully saturated rings. The SMILES string of the molecule is Cc1ccc([C@H](C)NC(=O)[C@H](C)N(c2ccc(C)c(Cl)c2)S(C)(=O)=O)cc1C. The fraction of sp³-hybridized carbons (Fsp3) is 0.381. The van der Waals surface area contributed by atoms with Crippen LogP contribution in [-0.4, -0.2) is 26.6 Å². The summed E-state index contributed by atoms with van der Waals surface area (Å²) in [7, 11) is -3.69. The van der Waals surface area contributed by atoms with E-state index in [1.54, 1.807) is 25.1 Å². The molecular formula is C21H27ClN2O3S. The second-order valence-electron chi connectivity index (χ2n) is 7.24. The van der Waals surface area contributed by atoms with Crippen molar-refractivity contribution in [1.29, 1.82) is 0 Å². The predicted molar refractivity (Wildman–Crippen MR) is 115 cm³/mol. The van der Waals surface area contributed by atoms with Crippen molar-refractivity contribution in [3.8, 4) is 0 Å². The van der Waals surface area contributed by atoms with Gasteiger partial charge in [0.2, 0.25) is 15.9 Å². The van der Waals surface area contributed by atoms with Crippen molar-refractivity contribution in [1.82, 2.24) is 5.32 Å². The molecule has 5 nitrogen and oxygen atoms in total. The van der Waals surface area contributed by atoms with Gasteiger partial charge in [0, 0.05) is 5.02 Å². The third-order valence-corrected chi connectivity index (χ3v) is 6.54. The van der Waals surface area contributed by atoms with E-state index in [9.17, 15) is 13.2 Å². The number of carbonyl (C=O) groups excluding carboxylic acids is 1. The summed E-state index contributed by atoms with van der Waals surface area (Å²) in [6, 6.07) is 9.77. The maximum atomic E-state index is 12.8. The van der Waals surface area contributed by atoms with Gasteiger partial charge in [0.1, 0.15) is 6.04 Å². The largest absolute Gasteiger partial charge is 0.348 e. The zero-order valence-corrected chi connectivity index (χ0v) is 18.6. The number of hydrogen-bond acceptors (Lipinski definition) is 3. The van der Waals surface area contributed by atoms with E-state index in [1.165, 1.54) is 5.56 Å². The number of nitrogens with one attached hydrogen (secondary N) is 1. The van der Waals surface area contributed by atoms with Gasteiger partial charge in [-0.2, -0.15) is 0 Å². The van der Waals surface area contributed by atoms with Crippen molar-refractivity contribution >= 4 is 33.2 Å². The number of halogens is 1. The van der Waals surface area contributed by atoms with E-state index in [-0.39, 0.29) is 11.9 Å². The Morgan fingerprint density at radius 3 is 2.14 bits per heavy atom. The van der Waals surface area contributed by atoms with Crippen LogP contribution in [0.25, 0.3) is 0 Å². The highest BCUT2D eigenvalue weighted by atomic mass is 35.5. The molecule has 0 aliphatic heterocycles. The van der Waals surface area contributed by atoms with Crippen LogP contribution in [0.5, 0.6) is 0 Å². The van der Waals surface area contributed by atoms with Gasteiger partial charge in [-0.15, -0.1) is 0 Å². The number of sulfonamides is 1. The summed E-state index contributed by atoms with van der Waals surface area (Å²) >= 11 is 6.16. The molecule has 1 N–H and O–H groups in total. The van der Waals surface area contributed by atoms with Gasteiger partial charge in [-0.3, -0.25) is 9.10 Å². The zero-order valence-electron chi connectivity index (χ0n) is 17.1. The van der Waals surface area contributed by atoms with Crippen LogP contribution in [0.3, 0.4) is 0 Å². The molecule has 0 unspecified atom stereocenters. The number of hydrogen-bond donors (Lipinski definition) is 1. The summed E-state index contributed by atoms with van der Waals surface area (Å²) in [5.74, 6) is -0.382. The van der Waals surface area contributed by atoms with Crippen LogP contribution < -0.4 is 9.62 Å². The molecule has 0 bridgehead atoms. The Bertz CT molecular complexity index is 989. The molecule has 0 spiro atoms. The van der Waals surface area contributed by atoms with E-state index in [1.807, 2.05) is 45.9 Å². The maximum absolute atomic E-state index is 12.8.